The Labute approximate surface area is 148 Å². The van der Waals surface area contributed by atoms with E-state index in [9.17, 15) is 9.90 Å². The molecule has 0 saturated heterocycles. The fraction of sp³-hybridized carbons (Fsp3) is 0.381. The molecule has 2 N–H and O–H groups in total. The van der Waals surface area contributed by atoms with E-state index in [0.717, 1.165) is 29.7 Å². The van der Waals surface area contributed by atoms with Crippen LogP contribution in [0.3, 0.4) is 0 Å². The average Bonchev–Trinajstić information content (AvgIpc) is 2.65. The minimum atomic E-state index is -0.958. The summed E-state index contributed by atoms with van der Waals surface area (Å²) in [7, 11) is 1.63. The van der Waals surface area contributed by atoms with Crippen molar-refractivity contribution >= 4 is 5.91 Å². The first-order chi connectivity index (χ1) is 12.1. The van der Waals surface area contributed by atoms with Crippen LogP contribution in [-0.4, -0.2) is 24.7 Å². The smallest absolute Gasteiger partial charge is 0.220 e. The molecule has 1 aliphatic carbocycles. The molecule has 0 aromatic heterocycles. The number of aryl methyl sites for hydroxylation is 2. The lowest BCUT2D eigenvalue weighted by Gasteiger charge is -2.34. The number of carbonyl (C=O) groups excluding carboxylic acids is 1. The zero-order chi connectivity index (χ0) is 17.7. The van der Waals surface area contributed by atoms with Crippen molar-refractivity contribution < 1.29 is 14.6 Å². The summed E-state index contributed by atoms with van der Waals surface area (Å²) in [6.45, 7) is 0.265. The average molecular weight is 339 g/mol. The van der Waals surface area contributed by atoms with E-state index in [1.807, 2.05) is 42.5 Å². The van der Waals surface area contributed by atoms with Gasteiger partial charge in [0, 0.05) is 6.42 Å². The van der Waals surface area contributed by atoms with Gasteiger partial charge in [0.25, 0.3) is 0 Å². The van der Waals surface area contributed by atoms with Gasteiger partial charge in [-0.3, -0.25) is 4.79 Å². The summed E-state index contributed by atoms with van der Waals surface area (Å²) >= 11 is 0. The Hall–Kier alpha value is -2.33. The van der Waals surface area contributed by atoms with Gasteiger partial charge >= 0.3 is 0 Å². The number of benzene rings is 2. The molecule has 0 radical (unpaired) electrons. The van der Waals surface area contributed by atoms with E-state index in [1.165, 1.54) is 5.56 Å². The lowest BCUT2D eigenvalue weighted by molar-refractivity contribution is -0.122. The first-order valence-corrected chi connectivity index (χ1v) is 8.81. The van der Waals surface area contributed by atoms with Crippen LogP contribution in [0, 0.1) is 0 Å². The van der Waals surface area contributed by atoms with Crippen LogP contribution < -0.4 is 10.1 Å². The second-order valence-electron chi connectivity index (χ2n) is 6.67. The van der Waals surface area contributed by atoms with Crippen molar-refractivity contribution in [2.45, 2.75) is 37.7 Å². The van der Waals surface area contributed by atoms with Gasteiger partial charge in [-0.2, -0.15) is 0 Å². The number of hydrogen-bond donors (Lipinski definition) is 2. The molecule has 1 amide bonds. The maximum absolute atomic E-state index is 12.2. The van der Waals surface area contributed by atoms with Crippen LogP contribution >= 0.6 is 0 Å². The van der Waals surface area contributed by atoms with Gasteiger partial charge in [0.1, 0.15) is 11.4 Å². The van der Waals surface area contributed by atoms with Crippen LogP contribution in [0.1, 0.15) is 36.0 Å². The highest BCUT2D eigenvalue weighted by Crippen LogP contribution is 2.34. The molecule has 0 bridgehead atoms. The number of methoxy groups -OCH3 is 1. The quantitative estimate of drug-likeness (QED) is 0.851. The molecule has 4 nitrogen and oxygen atoms in total. The van der Waals surface area contributed by atoms with Crippen LogP contribution in [0.25, 0.3) is 0 Å². The molecule has 3 rings (SSSR count). The molecular weight excluding hydrogens is 314 g/mol. The van der Waals surface area contributed by atoms with Crippen LogP contribution in [0.4, 0.5) is 0 Å². The van der Waals surface area contributed by atoms with Gasteiger partial charge in [-0.15, -0.1) is 0 Å². The zero-order valence-electron chi connectivity index (χ0n) is 14.6. The Morgan fingerprint density at radius 1 is 1.24 bits per heavy atom. The number of hydrogen-bond acceptors (Lipinski definition) is 3. The minimum Gasteiger partial charge on any atom is -0.497 e. The lowest BCUT2D eigenvalue weighted by Crippen LogP contribution is -2.43. The van der Waals surface area contributed by atoms with Crippen molar-refractivity contribution in [1.29, 1.82) is 0 Å². The van der Waals surface area contributed by atoms with E-state index >= 15 is 0 Å². The standard InChI is InChI=1S/C21H25NO3/c1-25-18-9-4-6-16(14-18)11-12-20(23)22-15-21(24)13-5-8-17-7-2-3-10-19(17)21/h2-4,6-7,9-10,14,24H,5,8,11-13,15H2,1H3,(H,22,23). The third-order valence-electron chi connectivity index (χ3n) is 4.91. The predicted octanol–water partition coefficient (Wildman–Crippen LogP) is 2.97. The first-order valence-electron chi connectivity index (χ1n) is 8.81. The summed E-state index contributed by atoms with van der Waals surface area (Å²) in [5.74, 6) is 0.755. The van der Waals surface area contributed by atoms with E-state index in [0.29, 0.717) is 19.3 Å². The van der Waals surface area contributed by atoms with Crippen LogP contribution in [0.2, 0.25) is 0 Å². The molecule has 4 heteroatoms. The first kappa shape index (κ1) is 17.5. The maximum Gasteiger partial charge on any atom is 0.220 e. The van der Waals surface area contributed by atoms with Gasteiger partial charge in [-0.1, -0.05) is 36.4 Å². The largest absolute Gasteiger partial charge is 0.497 e. The number of rotatable bonds is 6. The summed E-state index contributed by atoms with van der Waals surface area (Å²) < 4.78 is 5.20. The molecule has 1 atom stereocenters. The van der Waals surface area contributed by atoms with Gasteiger partial charge in [-0.25, -0.2) is 0 Å². The van der Waals surface area contributed by atoms with Gasteiger partial charge < -0.3 is 15.2 Å². The van der Waals surface area contributed by atoms with E-state index < -0.39 is 5.60 Å². The molecule has 2 aromatic rings. The Bertz CT molecular complexity index is 743. The van der Waals surface area contributed by atoms with Gasteiger partial charge in [0.05, 0.1) is 13.7 Å². The van der Waals surface area contributed by atoms with Gasteiger partial charge in [0.2, 0.25) is 5.91 Å². The Morgan fingerprint density at radius 3 is 2.92 bits per heavy atom. The highest BCUT2D eigenvalue weighted by molar-refractivity contribution is 5.76. The number of nitrogens with one attached hydrogen (secondary N) is 1. The third-order valence-corrected chi connectivity index (χ3v) is 4.91. The third kappa shape index (κ3) is 4.20. The highest BCUT2D eigenvalue weighted by Gasteiger charge is 2.34. The molecule has 0 spiro atoms. The van der Waals surface area contributed by atoms with E-state index in [-0.39, 0.29) is 12.5 Å². The number of amides is 1. The molecule has 0 fully saturated rings. The number of ether oxygens (including phenoxy) is 1. The fourth-order valence-corrected chi connectivity index (χ4v) is 3.50. The topological polar surface area (TPSA) is 58.6 Å². The van der Waals surface area contributed by atoms with Crippen molar-refractivity contribution in [2.24, 2.45) is 0 Å². The minimum absolute atomic E-state index is 0.0423. The molecule has 132 valence electrons. The second-order valence-corrected chi connectivity index (χ2v) is 6.67. The molecule has 25 heavy (non-hydrogen) atoms. The van der Waals surface area contributed by atoms with Crippen LogP contribution in [-0.2, 0) is 23.2 Å². The SMILES string of the molecule is COc1cccc(CCC(=O)NCC2(O)CCCc3ccccc32)c1. The van der Waals surface area contributed by atoms with Gasteiger partial charge in [-0.05, 0) is 54.5 Å². The van der Waals surface area contributed by atoms with Crippen molar-refractivity contribution in [3.8, 4) is 5.75 Å². The summed E-state index contributed by atoms with van der Waals surface area (Å²) in [4.78, 5) is 12.2. The number of carbonyl (C=O) groups is 1. The zero-order valence-corrected chi connectivity index (χ0v) is 14.6. The van der Waals surface area contributed by atoms with E-state index in [4.69, 9.17) is 4.74 Å². The normalized spacial score (nSPS) is 19.1. The molecular formula is C21H25NO3. The van der Waals surface area contributed by atoms with Crippen LogP contribution in [0.5, 0.6) is 5.75 Å². The Morgan fingerprint density at radius 2 is 2.08 bits per heavy atom. The predicted molar refractivity (Wildman–Crippen MR) is 97.6 cm³/mol. The van der Waals surface area contributed by atoms with E-state index in [2.05, 4.69) is 11.4 Å². The van der Waals surface area contributed by atoms with Crippen LogP contribution in [0.15, 0.2) is 48.5 Å². The molecule has 0 aliphatic heterocycles. The Balaban J connectivity index is 1.55. The highest BCUT2D eigenvalue weighted by atomic mass is 16.5. The summed E-state index contributed by atoms with van der Waals surface area (Å²) in [5.41, 5.74) is 2.24. The Kier molecular flexibility index (Phi) is 5.39. The van der Waals surface area contributed by atoms with Crippen molar-refractivity contribution in [3.05, 3.63) is 65.2 Å². The molecule has 1 aliphatic rings. The lowest BCUT2D eigenvalue weighted by atomic mass is 9.79. The second kappa shape index (κ2) is 7.70. The monoisotopic (exact) mass is 339 g/mol. The van der Waals surface area contributed by atoms with Crippen molar-refractivity contribution in [3.63, 3.8) is 0 Å². The van der Waals surface area contributed by atoms with Crippen molar-refractivity contribution in [2.75, 3.05) is 13.7 Å². The molecule has 2 aromatic carbocycles. The number of fused-ring (bicyclic) bond motifs is 1. The fourth-order valence-electron chi connectivity index (χ4n) is 3.50. The maximum atomic E-state index is 12.2. The molecule has 0 heterocycles. The van der Waals surface area contributed by atoms with Gasteiger partial charge in [0.15, 0.2) is 0 Å². The van der Waals surface area contributed by atoms with E-state index in [1.54, 1.807) is 7.11 Å². The molecule has 0 saturated carbocycles. The summed E-state index contributed by atoms with van der Waals surface area (Å²) in [5, 5.41) is 13.9. The molecule has 1 unspecified atom stereocenters. The van der Waals surface area contributed by atoms with Crippen molar-refractivity contribution in [1.82, 2.24) is 5.32 Å². The number of aliphatic hydroxyl groups is 1. The summed E-state index contributed by atoms with van der Waals surface area (Å²) in [6, 6.07) is 15.7. The summed E-state index contributed by atoms with van der Waals surface area (Å²) in [6.07, 6.45) is 3.65.